The molecule has 0 radical (unpaired) electrons. The van der Waals surface area contributed by atoms with Crippen LogP contribution in [0.25, 0.3) is 16.8 Å². The second-order valence-electron chi connectivity index (χ2n) is 7.21. The van der Waals surface area contributed by atoms with Gasteiger partial charge in [-0.05, 0) is 23.1 Å². The SMILES string of the molecule is O=C(Nc1cccc2ccccc12)N1CC[NH+](C/C=C/c2ccccc2)CC1. The maximum Gasteiger partial charge on any atom is 0.322 e. The Kier molecular flexibility index (Phi) is 5.69. The van der Waals surface area contributed by atoms with E-state index in [1.54, 1.807) is 0 Å². The van der Waals surface area contributed by atoms with E-state index in [1.165, 1.54) is 10.5 Å². The molecule has 1 fully saturated rings. The molecule has 4 nitrogen and oxygen atoms in total. The highest BCUT2D eigenvalue weighted by Gasteiger charge is 2.23. The number of amides is 2. The average Bonchev–Trinajstić information content (AvgIpc) is 2.75. The second kappa shape index (κ2) is 8.72. The summed E-state index contributed by atoms with van der Waals surface area (Å²) in [7, 11) is 0. The van der Waals surface area contributed by atoms with Crippen LogP contribution in [0.1, 0.15) is 5.56 Å². The molecule has 1 aliphatic rings. The van der Waals surface area contributed by atoms with Gasteiger partial charge in [-0.25, -0.2) is 4.79 Å². The van der Waals surface area contributed by atoms with Crippen LogP contribution in [0.15, 0.2) is 78.9 Å². The van der Waals surface area contributed by atoms with Crippen molar-refractivity contribution < 1.29 is 9.69 Å². The minimum Gasteiger partial charge on any atom is -0.329 e. The number of nitrogens with one attached hydrogen (secondary N) is 2. The average molecular weight is 372 g/mol. The molecule has 3 aromatic rings. The Labute approximate surface area is 166 Å². The summed E-state index contributed by atoms with van der Waals surface area (Å²) in [5.41, 5.74) is 2.11. The van der Waals surface area contributed by atoms with Gasteiger partial charge in [0.1, 0.15) is 0 Å². The molecule has 0 aromatic heterocycles. The largest absolute Gasteiger partial charge is 0.329 e. The summed E-state index contributed by atoms with van der Waals surface area (Å²) in [6.07, 6.45) is 4.41. The molecule has 0 atom stereocenters. The summed E-state index contributed by atoms with van der Waals surface area (Å²) in [6, 6.07) is 24.5. The van der Waals surface area contributed by atoms with Crippen molar-refractivity contribution in [3.05, 3.63) is 84.4 Å². The molecule has 0 spiro atoms. The zero-order valence-electron chi connectivity index (χ0n) is 16.0. The van der Waals surface area contributed by atoms with Gasteiger partial charge in [0.2, 0.25) is 0 Å². The fourth-order valence-corrected chi connectivity index (χ4v) is 3.68. The number of benzene rings is 3. The maximum absolute atomic E-state index is 12.7. The number of quaternary nitrogens is 1. The highest BCUT2D eigenvalue weighted by Crippen LogP contribution is 2.23. The first kappa shape index (κ1) is 18.3. The summed E-state index contributed by atoms with van der Waals surface area (Å²) in [6.45, 7) is 4.51. The molecule has 1 heterocycles. The molecule has 1 saturated heterocycles. The first-order valence-corrected chi connectivity index (χ1v) is 9.88. The van der Waals surface area contributed by atoms with Crippen LogP contribution in [0.2, 0.25) is 0 Å². The van der Waals surface area contributed by atoms with E-state index in [0.717, 1.165) is 49.2 Å². The Hall–Kier alpha value is -3.11. The molecule has 1 aliphatic heterocycles. The summed E-state index contributed by atoms with van der Waals surface area (Å²) in [5, 5.41) is 5.31. The number of nitrogens with zero attached hydrogens (tertiary/aromatic N) is 1. The van der Waals surface area contributed by atoms with Crippen molar-refractivity contribution in [1.29, 1.82) is 0 Å². The van der Waals surface area contributed by atoms with Gasteiger partial charge in [0, 0.05) is 5.39 Å². The number of anilines is 1. The van der Waals surface area contributed by atoms with Crippen molar-refractivity contribution in [2.45, 2.75) is 0 Å². The Morgan fingerprint density at radius 3 is 2.46 bits per heavy atom. The lowest BCUT2D eigenvalue weighted by molar-refractivity contribution is -0.898. The lowest BCUT2D eigenvalue weighted by atomic mass is 10.1. The lowest BCUT2D eigenvalue weighted by Crippen LogP contribution is -3.14. The molecule has 2 N–H and O–H groups in total. The Bertz CT molecular complexity index is 955. The van der Waals surface area contributed by atoms with Gasteiger partial charge in [0.05, 0.1) is 38.4 Å². The van der Waals surface area contributed by atoms with E-state index < -0.39 is 0 Å². The number of hydrogen-bond acceptors (Lipinski definition) is 1. The molecule has 0 saturated carbocycles. The van der Waals surface area contributed by atoms with E-state index in [0.29, 0.717) is 0 Å². The number of carbonyl (C=O) groups excluding carboxylic acids is 1. The molecule has 2 amide bonds. The maximum atomic E-state index is 12.7. The molecular formula is C24H26N3O+. The van der Waals surface area contributed by atoms with Crippen molar-refractivity contribution >= 4 is 28.6 Å². The Morgan fingerprint density at radius 1 is 0.929 bits per heavy atom. The number of rotatable bonds is 4. The van der Waals surface area contributed by atoms with E-state index in [4.69, 9.17) is 0 Å². The molecule has 0 bridgehead atoms. The first-order valence-electron chi connectivity index (χ1n) is 9.88. The van der Waals surface area contributed by atoms with Crippen molar-refractivity contribution in [1.82, 2.24) is 4.90 Å². The van der Waals surface area contributed by atoms with Gasteiger partial charge in [-0.1, -0.05) is 72.8 Å². The quantitative estimate of drug-likeness (QED) is 0.725. The number of piperazine rings is 1. The van der Waals surface area contributed by atoms with Crippen molar-refractivity contribution in [2.75, 3.05) is 38.0 Å². The van der Waals surface area contributed by atoms with Crippen LogP contribution in [0.4, 0.5) is 10.5 Å². The zero-order valence-corrected chi connectivity index (χ0v) is 16.0. The molecule has 142 valence electrons. The fourth-order valence-electron chi connectivity index (χ4n) is 3.68. The second-order valence-corrected chi connectivity index (χ2v) is 7.21. The summed E-state index contributed by atoms with van der Waals surface area (Å²) in [5.74, 6) is 0. The van der Waals surface area contributed by atoms with Crippen LogP contribution in [0.5, 0.6) is 0 Å². The molecule has 28 heavy (non-hydrogen) atoms. The molecule has 4 heteroatoms. The van der Waals surface area contributed by atoms with Crippen LogP contribution in [0, 0.1) is 0 Å². The highest BCUT2D eigenvalue weighted by molar-refractivity contribution is 6.01. The van der Waals surface area contributed by atoms with Gasteiger partial charge >= 0.3 is 6.03 Å². The number of urea groups is 1. The van der Waals surface area contributed by atoms with Crippen molar-refractivity contribution in [3.63, 3.8) is 0 Å². The number of fused-ring (bicyclic) bond motifs is 1. The number of carbonyl (C=O) groups is 1. The van der Waals surface area contributed by atoms with Gasteiger partial charge in [-0.15, -0.1) is 0 Å². The number of hydrogen-bond donors (Lipinski definition) is 2. The van der Waals surface area contributed by atoms with Crippen LogP contribution >= 0.6 is 0 Å². The van der Waals surface area contributed by atoms with Crippen LogP contribution < -0.4 is 10.2 Å². The van der Waals surface area contributed by atoms with E-state index in [2.05, 4.69) is 53.9 Å². The fraction of sp³-hybridized carbons (Fsp3) is 0.208. The van der Waals surface area contributed by atoms with E-state index in [-0.39, 0.29) is 6.03 Å². The first-order chi connectivity index (χ1) is 13.8. The van der Waals surface area contributed by atoms with E-state index in [1.807, 2.05) is 41.3 Å². The third-order valence-electron chi connectivity index (χ3n) is 5.31. The predicted octanol–water partition coefficient (Wildman–Crippen LogP) is 3.29. The van der Waals surface area contributed by atoms with Gasteiger partial charge in [0.25, 0.3) is 0 Å². The zero-order chi connectivity index (χ0) is 19.2. The third kappa shape index (κ3) is 4.41. The van der Waals surface area contributed by atoms with Crippen molar-refractivity contribution in [2.24, 2.45) is 0 Å². The molecule has 0 aliphatic carbocycles. The third-order valence-corrected chi connectivity index (χ3v) is 5.31. The van der Waals surface area contributed by atoms with Gasteiger partial charge < -0.3 is 15.1 Å². The van der Waals surface area contributed by atoms with Crippen LogP contribution in [0.3, 0.4) is 0 Å². The molecular weight excluding hydrogens is 346 g/mol. The van der Waals surface area contributed by atoms with Crippen molar-refractivity contribution in [3.8, 4) is 0 Å². The molecule has 4 rings (SSSR count). The summed E-state index contributed by atoms with van der Waals surface area (Å²) >= 11 is 0. The molecule has 0 unspecified atom stereocenters. The monoisotopic (exact) mass is 372 g/mol. The molecule has 3 aromatic carbocycles. The van der Waals surface area contributed by atoms with E-state index in [9.17, 15) is 4.79 Å². The van der Waals surface area contributed by atoms with E-state index >= 15 is 0 Å². The highest BCUT2D eigenvalue weighted by atomic mass is 16.2. The van der Waals surface area contributed by atoms with Gasteiger partial charge in [0.15, 0.2) is 0 Å². The smallest absolute Gasteiger partial charge is 0.322 e. The Morgan fingerprint density at radius 2 is 1.64 bits per heavy atom. The summed E-state index contributed by atoms with van der Waals surface area (Å²) in [4.78, 5) is 16.1. The normalized spacial score (nSPS) is 15.2. The van der Waals surface area contributed by atoms with Gasteiger partial charge in [-0.3, -0.25) is 0 Å². The lowest BCUT2D eigenvalue weighted by Gasteiger charge is -2.31. The predicted molar refractivity (Wildman–Crippen MR) is 116 cm³/mol. The topological polar surface area (TPSA) is 36.8 Å². The van der Waals surface area contributed by atoms with Gasteiger partial charge in [-0.2, -0.15) is 0 Å². The minimum atomic E-state index is -0.00442. The van der Waals surface area contributed by atoms with Crippen LogP contribution in [-0.2, 0) is 0 Å². The van der Waals surface area contributed by atoms with Crippen LogP contribution in [-0.4, -0.2) is 43.7 Å². The standard InChI is InChI=1S/C24H25N3O/c28-24(25-23-14-6-12-21-11-4-5-13-22(21)23)27-18-16-26(17-19-27)15-7-10-20-8-2-1-3-9-20/h1-14H,15-19H2,(H,25,28)/p+1/b10-7+. The Balaban J connectivity index is 1.30. The summed E-state index contributed by atoms with van der Waals surface area (Å²) < 4.78 is 0. The minimum absolute atomic E-state index is 0.00442.